The van der Waals surface area contributed by atoms with Crippen molar-refractivity contribution in [1.82, 2.24) is 0 Å². The molecule has 7 nitrogen and oxygen atoms in total. The summed E-state index contributed by atoms with van der Waals surface area (Å²) >= 11 is 1.28. The van der Waals surface area contributed by atoms with Crippen molar-refractivity contribution in [1.29, 1.82) is 0 Å². The van der Waals surface area contributed by atoms with E-state index in [9.17, 15) is 19.5 Å². The number of phenolic OH excluding ortho intramolecular Hbond substituents is 1. The average molecular weight is 391 g/mol. The highest BCUT2D eigenvalue weighted by Gasteiger charge is 2.21. The summed E-state index contributed by atoms with van der Waals surface area (Å²) in [7, 11) is 0. The number of esters is 2. The van der Waals surface area contributed by atoms with E-state index in [0.717, 1.165) is 4.88 Å². The first-order valence-electron chi connectivity index (χ1n) is 8.38. The lowest BCUT2D eigenvalue weighted by atomic mass is 10.1. The van der Waals surface area contributed by atoms with Crippen LogP contribution in [0.15, 0.2) is 30.3 Å². The fraction of sp³-hybridized carbons (Fsp3) is 0.316. The summed E-state index contributed by atoms with van der Waals surface area (Å²) in [5, 5.41) is 12.2. The Hall–Kier alpha value is -2.87. The van der Waals surface area contributed by atoms with Crippen LogP contribution in [0.3, 0.4) is 0 Å². The van der Waals surface area contributed by atoms with Gasteiger partial charge in [0.15, 0.2) is 6.61 Å². The molecule has 2 aromatic rings. The van der Waals surface area contributed by atoms with Crippen LogP contribution in [0.4, 0.5) is 5.00 Å². The summed E-state index contributed by atoms with van der Waals surface area (Å²) in [4.78, 5) is 37.1. The third kappa shape index (κ3) is 5.55. The van der Waals surface area contributed by atoms with Crippen LogP contribution in [0.2, 0.25) is 0 Å². The molecule has 2 rings (SSSR count). The van der Waals surface area contributed by atoms with Gasteiger partial charge in [-0.2, -0.15) is 0 Å². The number of nitrogens with one attached hydrogen (secondary N) is 1. The molecule has 0 saturated carbocycles. The van der Waals surface area contributed by atoms with Crippen LogP contribution in [0.5, 0.6) is 5.75 Å². The third-order valence-electron chi connectivity index (χ3n) is 3.51. The van der Waals surface area contributed by atoms with Gasteiger partial charge in [-0.25, -0.2) is 9.59 Å². The van der Waals surface area contributed by atoms with Gasteiger partial charge in [0.2, 0.25) is 0 Å². The Labute approximate surface area is 160 Å². The molecule has 0 spiro atoms. The number of hydrogen-bond acceptors (Lipinski definition) is 7. The molecule has 1 aromatic carbocycles. The zero-order valence-corrected chi connectivity index (χ0v) is 16.1. The molecule has 0 saturated heterocycles. The molecule has 1 heterocycles. The fourth-order valence-corrected chi connectivity index (χ4v) is 3.19. The highest BCUT2D eigenvalue weighted by molar-refractivity contribution is 7.16. The van der Waals surface area contributed by atoms with Crippen LogP contribution in [0.25, 0.3) is 0 Å². The highest BCUT2D eigenvalue weighted by Crippen LogP contribution is 2.33. The minimum absolute atomic E-state index is 0.0226. The zero-order chi connectivity index (χ0) is 20.0. The number of rotatable bonds is 7. The van der Waals surface area contributed by atoms with Crippen molar-refractivity contribution in [3.05, 3.63) is 46.3 Å². The van der Waals surface area contributed by atoms with Crippen molar-refractivity contribution in [2.24, 2.45) is 0 Å². The van der Waals surface area contributed by atoms with Crippen molar-refractivity contribution < 1.29 is 29.0 Å². The van der Waals surface area contributed by atoms with E-state index < -0.39 is 24.5 Å². The van der Waals surface area contributed by atoms with Gasteiger partial charge in [-0.1, -0.05) is 13.8 Å². The molecule has 0 aliphatic heterocycles. The Bertz CT molecular complexity index is 825. The molecular weight excluding hydrogens is 370 g/mol. The molecule has 0 bridgehead atoms. The Kier molecular flexibility index (Phi) is 6.95. The smallest absolute Gasteiger partial charge is 0.341 e. The van der Waals surface area contributed by atoms with Crippen LogP contribution in [0.1, 0.15) is 52.3 Å². The standard InChI is InChI=1S/C19H21NO6S/c1-4-25-19(24)14-9-15(11(2)3)27-17(14)20-16(22)10-26-18(23)12-5-7-13(21)8-6-12/h5-9,11,21H,4,10H2,1-3H3,(H,20,22). The summed E-state index contributed by atoms with van der Waals surface area (Å²) in [5.74, 6) is -1.57. The molecule has 27 heavy (non-hydrogen) atoms. The second-order valence-electron chi connectivity index (χ2n) is 5.94. The second-order valence-corrected chi connectivity index (χ2v) is 7.02. The molecule has 0 unspecified atom stereocenters. The zero-order valence-electron chi connectivity index (χ0n) is 15.3. The van der Waals surface area contributed by atoms with Crippen LogP contribution in [-0.4, -0.2) is 36.2 Å². The number of carbonyl (C=O) groups is 3. The van der Waals surface area contributed by atoms with Crippen molar-refractivity contribution in [2.75, 3.05) is 18.5 Å². The van der Waals surface area contributed by atoms with Gasteiger partial charge in [0, 0.05) is 4.88 Å². The SMILES string of the molecule is CCOC(=O)c1cc(C(C)C)sc1NC(=O)COC(=O)c1ccc(O)cc1. The van der Waals surface area contributed by atoms with Gasteiger partial charge in [0.1, 0.15) is 10.8 Å². The van der Waals surface area contributed by atoms with Crippen molar-refractivity contribution in [3.8, 4) is 5.75 Å². The lowest BCUT2D eigenvalue weighted by Gasteiger charge is -2.07. The molecule has 8 heteroatoms. The molecule has 0 atom stereocenters. The summed E-state index contributed by atoms with van der Waals surface area (Å²) in [6, 6.07) is 7.18. The molecule has 0 fully saturated rings. The van der Waals surface area contributed by atoms with Gasteiger partial charge in [0.25, 0.3) is 5.91 Å². The number of aromatic hydroxyl groups is 1. The quantitative estimate of drug-likeness (QED) is 0.700. The highest BCUT2D eigenvalue weighted by atomic mass is 32.1. The van der Waals surface area contributed by atoms with E-state index in [2.05, 4.69) is 5.32 Å². The molecule has 1 amide bonds. The number of thiophene rings is 1. The maximum Gasteiger partial charge on any atom is 0.341 e. The van der Waals surface area contributed by atoms with Crippen LogP contribution < -0.4 is 5.32 Å². The van der Waals surface area contributed by atoms with Crippen LogP contribution in [-0.2, 0) is 14.3 Å². The van der Waals surface area contributed by atoms with Crippen LogP contribution >= 0.6 is 11.3 Å². The summed E-state index contributed by atoms with van der Waals surface area (Å²) in [6.45, 7) is 5.38. The van der Waals surface area contributed by atoms with E-state index in [1.807, 2.05) is 13.8 Å². The Balaban J connectivity index is 2.03. The molecular formula is C19H21NO6S. The first-order chi connectivity index (χ1) is 12.8. The lowest BCUT2D eigenvalue weighted by Crippen LogP contribution is -2.21. The van der Waals surface area contributed by atoms with Gasteiger partial charge >= 0.3 is 11.9 Å². The normalized spacial score (nSPS) is 10.5. The molecule has 144 valence electrons. The van der Waals surface area contributed by atoms with E-state index >= 15 is 0 Å². The van der Waals surface area contributed by atoms with E-state index in [-0.39, 0.29) is 29.4 Å². The maximum atomic E-state index is 12.1. The number of phenols is 1. The van der Waals surface area contributed by atoms with E-state index in [1.165, 1.54) is 35.6 Å². The van der Waals surface area contributed by atoms with Gasteiger partial charge in [-0.05, 0) is 43.2 Å². The van der Waals surface area contributed by atoms with Gasteiger partial charge in [-0.15, -0.1) is 11.3 Å². The summed E-state index contributed by atoms with van der Waals surface area (Å²) in [6.07, 6.45) is 0. The van der Waals surface area contributed by atoms with Gasteiger partial charge in [0.05, 0.1) is 17.7 Å². The fourth-order valence-electron chi connectivity index (χ4n) is 2.12. The number of ether oxygens (including phenoxy) is 2. The lowest BCUT2D eigenvalue weighted by molar-refractivity contribution is -0.119. The Morgan fingerprint density at radius 3 is 2.37 bits per heavy atom. The Morgan fingerprint density at radius 2 is 1.78 bits per heavy atom. The molecule has 0 aliphatic rings. The average Bonchev–Trinajstić information content (AvgIpc) is 3.04. The minimum Gasteiger partial charge on any atom is -0.508 e. The molecule has 1 aromatic heterocycles. The third-order valence-corrected chi connectivity index (χ3v) is 4.86. The Morgan fingerprint density at radius 1 is 1.11 bits per heavy atom. The predicted octanol–water partition coefficient (Wildman–Crippen LogP) is 3.55. The van der Waals surface area contributed by atoms with Crippen LogP contribution in [0, 0.1) is 0 Å². The van der Waals surface area contributed by atoms with E-state index in [0.29, 0.717) is 5.00 Å². The van der Waals surface area contributed by atoms with E-state index in [4.69, 9.17) is 9.47 Å². The second kappa shape index (κ2) is 9.18. The number of benzene rings is 1. The van der Waals surface area contributed by atoms with Crippen molar-refractivity contribution in [3.63, 3.8) is 0 Å². The largest absolute Gasteiger partial charge is 0.508 e. The summed E-state index contributed by atoms with van der Waals surface area (Å²) < 4.78 is 9.98. The van der Waals surface area contributed by atoms with Gasteiger partial charge in [-0.3, -0.25) is 4.79 Å². The molecule has 0 aliphatic carbocycles. The van der Waals surface area contributed by atoms with Crippen molar-refractivity contribution >= 4 is 34.2 Å². The molecule has 0 radical (unpaired) electrons. The first kappa shape index (κ1) is 20.4. The number of hydrogen-bond donors (Lipinski definition) is 2. The number of amides is 1. The summed E-state index contributed by atoms with van der Waals surface area (Å²) in [5.41, 5.74) is 0.495. The topological polar surface area (TPSA) is 102 Å². The van der Waals surface area contributed by atoms with Gasteiger partial charge < -0.3 is 19.9 Å². The molecule has 2 N–H and O–H groups in total. The number of anilines is 1. The maximum absolute atomic E-state index is 12.1. The number of carbonyl (C=O) groups excluding carboxylic acids is 3. The minimum atomic E-state index is -0.690. The van der Waals surface area contributed by atoms with E-state index in [1.54, 1.807) is 13.0 Å². The first-order valence-corrected chi connectivity index (χ1v) is 9.20. The monoisotopic (exact) mass is 391 g/mol. The predicted molar refractivity (Wildman–Crippen MR) is 101 cm³/mol. The van der Waals surface area contributed by atoms with Crippen molar-refractivity contribution in [2.45, 2.75) is 26.7 Å².